The first kappa shape index (κ1) is 35.8. The van der Waals surface area contributed by atoms with Crippen molar-refractivity contribution in [1.29, 1.82) is 0 Å². The minimum atomic E-state index is 1.10. The van der Waals surface area contributed by atoms with E-state index in [0.717, 1.165) is 56.4 Å². The van der Waals surface area contributed by atoms with Crippen molar-refractivity contribution >= 4 is 58.4 Å². The third-order valence-corrected chi connectivity index (χ3v) is 10.2. The summed E-state index contributed by atoms with van der Waals surface area (Å²) in [6, 6.07) is 73.3. The lowest BCUT2D eigenvalue weighted by Crippen LogP contribution is -2.12. The number of para-hydroxylation sites is 4. The van der Waals surface area contributed by atoms with Gasteiger partial charge in [-0.1, -0.05) is 182 Å². The SMILES string of the molecule is Cc1ccccc1N(c1ccc(-c2ccc(N(c3ccccc3C)c3ccccc3C=Cc3ccccc3)cc2)cc1)c1ccccc1C=Cc1ccccc1. The molecular weight excluding hydrogens is 677 g/mol. The topological polar surface area (TPSA) is 6.48 Å². The fourth-order valence-electron chi connectivity index (χ4n) is 7.21. The van der Waals surface area contributed by atoms with Gasteiger partial charge < -0.3 is 9.80 Å². The van der Waals surface area contributed by atoms with Crippen LogP contribution in [-0.4, -0.2) is 0 Å². The molecule has 0 saturated carbocycles. The Balaban J connectivity index is 1.13. The van der Waals surface area contributed by atoms with Crippen molar-refractivity contribution in [3.05, 3.63) is 240 Å². The van der Waals surface area contributed by atoms with Gasteiger partial charge in [0, 0.05) is 22.7 Å². The zero-order valence-corrected chi connectivity index (χ0v) is 31.8. The minimum Gasteiger partial charge on any atom is -0.310 e. The van der Waals surface area contributed by atoms with E-state index in [1.54, 1.807) is 0 Å². The van der Waals surface area contributed by atoms with Gasteiger partial charge in [-0.2, -0.15) is 0 Å². The summed E-state index contributed by atoms with van der Waals surface area (Å²) in [5.74, 6) is 0. The Morgan fingerprint density at radius 2 is 0.607 bits per heavy atom. The number of hydrogen-bond donors (Lipinski definition) is 0. The second-order valence-electron chi connectivity index (χ2n) is 13.9. The molecule has 0 amide bonds. The highest BCUT2D eigenvalue weighted by Gasteiger charge is 2.19. The lowest BCUT2D eigenvalue weighted by atomic mass is 10.0. The Morgan fingerprint density at radius 1 is 0.286 bits per heavy atom. The molecule has 0 aliphatic rings. The molecule has 0 unspecified atom stereocenters. The van der Waals surface area contributed by atoms with Gasteiger partial charge in [0.25, 0.3) is 0 Å². The molecule has 270 valence electrons. The summed E-state index contributed by atoms with van der Waals surface area (Å²) in [5.41, 5.74) is 16.2. The summed E-state index contributed by atoms with van der Waals surface area (Å²) in [6.45, 7) is 4.36. The number of benzene rings is 8. The van der Waals surface area contributed by atoms with E-state index in [1.165, 1.54) is 22.3 Å². The Bertz CT molecular complexity index is 2400. The molecule has 0 heterocycles. The van der Waals surface area contributed by atoms with Crippen molar-refractivity contribution in [2.75, 3.05) is 9.80 Å². The molecule has 0 fully saturated rings. The first-order valence-corrected chi connectivity index (χ1v) is 19.2. The van der Waals surface area contributed by atoms with Crippen LogP contribution in [0, 0.1) is 13.8 Å². The fourth-order valence-corrected chi connectivity index (χ4v) is 7.21. The quantitative estimate of drug-likeness (QED) is 0.123. The van der Waals surface area contributed by atoms with E-state index in [1.807, 2.05) is 0 Å². The molecule has 0 radical (unpaired) electrons. The molecule has 0 spiro atoms. The van der Waals surface area contributed by atoms with Crippen molar-refractivity contribution in [3.63, 3.8) is 0 Å². The third-order valence-electron chi connectivity index (χ3n) is 10.2. The molecule has 2 heteroatoms. The van der Waals surface area contributed by atoms with Crippen LogP contribution in [0.25, 0.3) is 35.4 Å². The molecule has 0 aromatic heterocycles. The standard InChI is InChI=1S/C54H44N2/c1-41-17-9-13-25-51(41)55(53-27-15-11-23-47(53)31-29-43-19-5-3-6-20-43)49-37-33-45(34-38-49)46-35-39-50(40-36-46)56(52-26-14-10-18-42(52)2)54-28-16-12-24-48(54)32-30-44-21-7-4-8-22-44/h3-40H,1-2H3. The summed E-state index contributed by atoms with van der Waals surface area (Å²) in [6.07, 6.45) is 8.79. The molecule has 2 nitrogen and oxygen atoms in total. The van der Waals surface area contributed by atoms with Crippen LogP contribution in [0.2, 0.25) is 0 Å². The summed E-state index contributed by atoms with van der Waals surface area (Å²) >= 11 is 0. The molecule has 8 rings (SSSR count). The van der Waals surface area contributed by atoms with Crippen molar-refractivity contribution in [3.8, 4) is 11.1 Å². The number of aryl methyl sites for hydroxylation is 2. The van der Waals surface area contributed by atoms with E-state index in [0.29, 0.717) is 0 Å². The number of hydrogen-bond acceptors (Lipinski definition) is 2. The van der Waals surface area contributed by atoms with Crippen LogP contribution in [0.5, 0.6) is 0 Å². The van der Waals surface area contributed by atoms with Crippen LogP contribution < -0.4 is 9.80 Å². The minimum absolute atomic E-state index is 1.10. The Labute approximate surface area is 331 Å². The Kier molecular flexibility index (Phi) is 10.8. The molecule has 8 aromatic rings. The first-order chi connectivity index (χ1) is 27.6. The maximum absolute atomic E-state index is 2.37. The highest BCUT2D eigenvalue weighted by molar-refractivity contribution is 5.89. The number of nitrogens with zero attached hydrogens (tertiary/aromatic N) is 2. The molecular formula is C54H44N2. The molecule has 0 saturated heterocycles. The average molecular weight is 721 g/mol. The Morgan fingerprint density at radius 3 is 0.982 bits per heavy atom. The molecule has 0 atom stereocenters. The largest absolute Gasteiger partial charge is 0.310 e. The van der Waals surface area contributed by atoms with E-state index in [9.17, 15) is 0 Å². The molecule has 0 N–H and O–H groups in total. The predicted molar refractivity (Wildman–Crippen MR) is 241 cm³/mol. The summed E-state index contributed by atoms with van der Waals surface area (Å²) in [4.78, 5) is 4.74. The summed E-state index contributed by atoms with van der Waals surface area (Å²) < 4.78 is 0. The van der Waals surface area contributed by atoms with E-state index in [4.69, 9.17) is 0 Å². The molecule has 0 bridgehead atoms. The van der Waals surface area contributed by atoms with Crippen LogP contribution in [-0.2, 0) is 0 Å². The van der Waals surface area contributed by atoms with Crippen LogP contribution in [0.3, 0.4) is 0 Å². The van der Waals surface area contributed by atoms with Gasteiger partial charge in [-0.3, -0.25) is 0 Å². The maximum atomic E-state index is 2.37. The van der Waals surface area contributed by atoms with Crippen LogP contribution in [0.1, 0.15) is 33.4 Å². The predicted octanol–water partition coefficient (Wildman–Crippen LogP) is 15.3. The summed E-state index contributed by atoms with van der Waals surface area (Å²) in [7, 11) is 0. The number of anilines is 6. The molecule has 8 aromatic carbocycles. The lowest BCUT2D eigenvalue weighted by molar-refractivity contribution is 1.24. The van der Waals surface area contributed by atoms with Gasteiger partial charge in [-0.05, 0) is 107 Å². The van der Waals surface area contributed by atoms with E-state index in [-0.39, 0.29) is 0 Å². The van der Waals surface area contributed by atoms with E-state index in [2.05, 4.69) is 254 Å². The second kappa shape index (κ2) is 16.9. The third kappa shape index (κ3) is 8.01. The smallest absolute Gasteiger partial charge is 0.0534 e. The van der Waals surface area contributed by atoms with Gasteiger partial charge in [0.05, 0.1) is 11.4 Å². The van der Waals surface area contributed by atoms with E-state index < -0.39 is 0 Å². The van der Waals surface area contributed by atoms with Crippen molar-refractivity contribution in [2.45, 2.75) is 13.8 Å². The van der Waals surface area contributed by atoms with Crippen molar-refractivity contribution in [1.82, 2.24) is 0 Å². The highest BCUT2D eigenvalue weighted by atomic mass is 15.2. The van der Waals surface area contributed by atoms with Gasteiger partial charge in [0.1, 0.15) is 0 Å². The maximum Gasteiger partial charge on any atom is 0.0534 e. The Hall–Kier alpha value is -7.16. The zero-order chi connectivity index (χ0) is 38.1. The second-order valence-corrected chi connectivity index (χ2v) is 13.9. The summed E-state index contributed by atoms with van der Waals surface area (Å²) in [5, 5.41) is 0. The van der Waals surface area contributed by atoms with Crippen molar-refractivity contribution < 1.29 is 0 Å². The van der Waals surface area contributed by atoms with Gasteiger partial charge >= 0.3 is 0 Å². The van der Waals surface area contributed by atoms with Gasteiger partial charge in [-0.25, -0.2) is 0 Å². The number of rotatable bonds is 11. The highest BCUT2D eigenvalue weighted by Crippen LogP contribution is 2.42. The lowest BCUT2D eigenvalue weighted by Gasteiger charge is -2.29. The fraction of sp³-hybridized carbons (Fsp3) is 0.0370. The van der Waals surface area contributed by atoms with E-state index >= 15 is 0 Å². The molecule has 0 aliphatic heterocycles. The zero-order valence-electron chi connectivity index (χ0n) is 31.8. The normalized spacial score (nSPS) is 11.2. The van der Waals surface area contributed by atoms with Crippen LogP contribution >= 0.6 is 0 Å². The van der Waals surface area contributed by atoms with Crippen molar-refractivity contribution in [2.24, 2.45) is 0 Å². The molecule has 0 aliphatic carbocycles. The van der Waals surface area contributed by atoms with Crippen LogP contribution in [0.15, 0.2) is 206 Å². The monoisotopic (exact) mass is 720 g/mol. The molecule has 56 heavy (non-hydrogen) atoms. The average Bonchev–Trinajstić information content (AvgIpc) is 3.26. The van der Waals surface area contributed by atoms with Gasteiger partial charge in [0.15, 0.2) is 0 Å². The van der Waals surface area contributed by atoms with Gasteiger partial charge in [-0.15, -0.1) is 0 Å². The van der Waals surface area contributed by atoms with Crippen LogP contribution in [0.4, 0.5) is 34.1 Å². The first-order valence-electron chi connectivity index (χ1n) is 19.2. The van der Waals surface area contributed by atoms with Gasteiger partial charge in [0.2, 0.25) is 0 Å².